The molecule has 0 spiro atoms. The molecule has 5 rings (SSSR count). The van der Waals surface area contributed by atoms with Crippen LogP contribution < -0.4 is 0 Å². The Labute approximate surface area is 228 Å². The van der Waals surface area contributed by atoms with Crippen LogP contribution in [0.3, 0.4) is 0 Å². The number of phenols is 1. The highest BCUT2D eigenvalue weighted by Gasteiger charge is 2.56. The van der Waals surface area contributed by atoms with E-state index in [1.54, 1.807) is 25.1 Å². The number of carboxylic acids is 1. The minimum absolute atomic E-state index is 0.0405. The summed E-state index contributed by atoms with van der Waals surface area (Å²) >= 11 is 3.21. The number of likely N-dealkylation sites (tertiary alicyclic amines) is 1. The van der Waals surface area contributed by atoms with E-state index in [0.717, 1.165) is 5.57 Å². The second-order valence-electron chi connectivity index (χ2n) is 10.4. The predicted octanol–water partition coefficient (Wildman–Crippen LogP) is 4.11. The van der Waals surface area contributed by atoms with Crippen molar-refractivity contribution in [1.82, 2.24) is 4.90 Å². The average Bonchev–Trinajstić information content (AvgIpc) is 3.12. The van der Waals surface area contributed by atoms with Crippen LogP contribution in [0.2, 0.25) is 0 Å². The SMILES string of the molecule is Cc1cccc(C2C3=CCC4C(=O)N(CCCCCC(=O)O)C(=O)C4C3CC3=C2C(=O)C=C(Br)C3=O)c1O. The van der Waals surface area contributed by atoms with Crippen molar-refractivity contribution in [3.63, 3.8) is 0 Å². The molecule has 3 aliphatic carbocycles. The number of Topliss-reactive ketones (excluding diaryl/α,β-unsaturated/α-hetero) is 1. The molecule has 2 amide bonds. The third-order valence-electron chi connectivity index (χ3n) is 8.27. The lowest BCUT2D eigenvalue weighted by Crippen LogP contribution is -2.39. The number of ketones is 2. The van der Waals surface area contributed by atoms with Gasteiger partial charge in [0.05, 0.1) is 16.3 Å². The lowest BCUT2D eigenvalue weighted by atomic mass is 9.59. The van der Waals surface area contributed by atoms with E-state index in [0.29, 0.717) is 48.0 Å². The summed E-state index contributed by atoms with van der Waals surface area (Å²) in [5.41, 5.74) is 2.58. The van der Waals surface area contributed by atoms with Gasteiger partial charge in [-0.25, -0.2) is 0 Å². The molecule has 1 aromatic carbocycles. The fourth-order valence-electron chi connectivity index (χ4n) is 6.49. The fraction of sp³-hybridized carbons (Fsp3) is 0.414. The summed E-state index contributed by atoms with van der Waals surface area (Å²) in [7, 11) is 0. The standard InChI is InChI=1S/C29H28BrNO7/c1-14-6-5-7-16(26(14)35)23-15-9-10-17-24(18(15)12-19-25(23)21(32)13-20(30)27(19)36)29(38)31(28(17)37)11-4-2-3-8-22(33)34/h5-7,9,13,17-18,23-24,35H,2-4,8,10-12H2,1H3,(H,33,34). The molecular weight excluding hydrogens is 554 g/mol. The van der Waals surface area contributed by atoms with Crippen LogP contribution in [0.15, 0.2) is 51.6 Å². The smallest absolute Gasteiger partial charge is 0.303 e. The molecule has 2 N–H and O–H groups in total. The number of aliphatic carboxylic acids is 1. The van der Waals surface area contributed by atoms with E-state index in [4.69, 9.17) is 5.11 Å². The van der Waals surface area contributed by atoms with Crippen LogP contribution >= 0.6 is 15.9 Å². The van der Waals surface area contributed by atoms with Crippen LogP contribution in [0.25, 0.3) is 0 Å². The Morgan fingerprint density at radius 1 is 1.08 bits per heavy atom. The highest BCUT2D eigenvalue weighted by molar-refractivity contribution is 9.12. The molecule has 1 saturated heterocycles. The summed E-state index contributed by atoms with van der Waals surface area (Å²) in [5.74, 6) is -4.33. The van der Waals surface area contributed by atoms with E-state index < -0.39 is 29.6 Å². The number of carbonyl (C=O) groups is 5. The lowest BCUT2D eigenvalue weighted by Gasteiger charge is -2.42. The molecule has 9 heteroatoms. The van der Waals surface area contributed by atoms with Gasteiger partial charge in [0, 0.05) is 41.7 Å². The summed E-state index contributed by atoms with van der Waals surface area (Å²) in [6.07, 6.45) is 5.34. The molecule has 198 valence electrons. The molecule has 0 saturated carbocycles. The van der Waals surface area contributed by atoms with Gasteiger partial charge in [0.1, 0.15) is 5.75 Å². The van der Waals surface area contributed by atoms with Crippen molar-refractivity contribution < 1.29 is 34.2 Å². The van der Waals surface area contributed by atoms with Gasteiger partial charge >= 0.3 is 5.97 Å². The van der Waals surface area contributed by atoms with Crippen molar-refractivity contribution in [2.75, 3.05) is 6.54 Å². The second kappa shape index (κ2) is 10.1. The van der Waals surface area contributed by atoms with Gasteiger partial charge in [-0.2, -0.15) is 0 Å². The van der Waals surface area contributed by atoms with Gasteiger partial charge in [-0.1, -0.05) is 36.3 Å². The zero-order valence-electron chi connectivity index (χ0n) is 20.9. The van der Waals surface area contributed by atoms with E-state index in [2.05, 4.69) is 15.9 Å². The Hall–Kier alpha value is -3.33. The van der Waals surface area contributed by atoms with E-state index in [1.165, 1.54) is 11.0 Å². The number of carbonyl (C=O) groups excluding carboxylic acids is 4. The first kappa shape index (κ1) is 26.3. The van der Waals surface area contributed by atoms with Crippen molar-refractivity contribution in [2.24, 2.45) is 17.8 Å². The third-order valence-corrected chi connectivity index (χ3v) is 8.86. The monoisotopic (exact) mass is 581 g/mol. The maximum atomic E-state index is 13.7. The molecule has 1 heterocycles. The van der Waals surface area contributed by atoms with Crippen molar-refractivity contribution >= 4 is 45.3 Å². The Morgan fingerprint density at radius 3 is 2.58 bits per heavy atom. The molecule has 1 fully saturated rings. The zero-order chi connectivity index (χ0) is 27.3. The number of phenolic OH excluding ortho intramolecular Hbond substituents is 1. The highest BCUT2D eigenvalue weighted by Crippen LogP contribution is 2.56. The average molecular weight is 582 g/mol. The molecule has 4 unspecified atom stereocenters. The molecule has 1 aliphatic heterocycles. The summed E-state index contributed by atoms with van der Waals surface area (Å²) in [4.78, 5) is 65.5. The van der Waals surface area contributed by atoms with Gasteiger partial charge in [-0.05, 0) is 60.0 Å². The van der Waals surface area contributed by atoms with E-state index in [-0.39, 0.29) is 53.0 Å². The van der Waals surface area contributed by atoms with Crippen molar-refractivity contribution in [3.05, 3.63) is 62.7 Å². The number of para-hydroxylation sites is 1. The fourth-order valence-corrected chi connectivity index (χ4v) is 6.93. The van der Waals surface area contributed by atoms with Gasteiger partial charge in [-0.3, -0.25) is 28.9 Å². The molecule has 8 nitrogen and oxygen atoms in total. The first-order valence-corrected chi connectivity index (χ1v) is 13.7. The van der Waals surface area contributed by atoms with Gasteiger partial charge in [0.2, 0.25) is 11.8 Å². The molecule has 1 aromatic rings. The number of allylic oxidation sites excluding steroid dienone is 6. The van der Waals surface area contributed by atoms with Crippen LogP contribution in [0.4, 0.5) is 0 Å². The van der Waals surface area contributed by atoms with Gasteiger partial charge < -0.3 is 10.2 Å². The molecule has 38 heavy (non-hydrogen) atoms. The number of unbranched alkanes of at least 4 members (excludes halogenated alkanes) is 2. The van der Waals surface area contributed by atoms with Crippen LogP contribution in [-0.2, 0) is 24.0 Å². The quantitative estimate of drug-likeness (QED) is 0.214. The number of halogens is 1. The van der Waals surface area contributed by atoms with Crippen molar-refractivity contribution in [2.45, 2.75) is 51.4 Å². The van der Waals surface area contributed by atoms with Crippen LogP contribution in [-0.4, -0.2) is 51.0 Å². The number of amides is 2. The van der Waals surface area contributed by atoms with E-state index in [9.17, 15) is 29.1 Å². The summed E-state index contributed by atoms with van der Waals surface area (Å²) in [5, 5.41) is 19.8. The first-order valence-electron chi connectivity index (χ1n) is 12.9. The van der Waals surface area contributed by atoms with Gasteiger partial charge in [0.15, 0.2) is 11.6 Å². The van der Waals surface area contributed by atoms with E-state index in [1.807, 2.05) is 6.08 Å². The van der Waals surface area contributed by atoms with E-state index >= 15 is 0 Å². The highest BCUT2D eigenvalue weighted by atomic mass is 79.9. The number of imide groups is 1. The summed E-state index contributed by atoms with van der Waals surface area (Å²) in [6.45, 7) is 1.99. The van der Waals surface area contributed by atoms with Gasteiger partial charge in [-0.15, -0.1) is 0 Å². The summed E-state index contributed by atoms with van der Waals surface area (Å²) in [6, 6.07) is 5.29. The molecule has 0 radical (unpaired) electrons. The Morgan fingerprint density at radius 2 is 1.84 bits per heavy atom. The van der Waals surface area contributed by atoms with Crippen molar-refractivity contribution in [1.29, 1.82) is 0 Å². The second-order valence-corrected chi connectivity index (χ2v) is 11.3. The largest absolute Gasteiger partial charge is 0.507 e. The van der Waals surface area contributed by atoms with Crippen LogP contribution in [0, 0.1) is 24.7 Å². The number of aromatic hydroxyl groups is 1. The Bertz CT molecular complexity index is 1370. The Balaban J connectivity index is 1.51. The topological polar surface area (TPSA) is 129 Å². The molecular formula is C29H28BrNO7. The number of nitrogens with zero attached hydrogens (tertiary/aromatic N) is 1. The number of benzene rings is 1. The third kappa shape index (κ3) is 4.26. The van der Waals surface area contributed by atoms with Crippen molar-refractivity contribution in [3.8, 4) is 5.75 Å². The molecule has 0 aromatic heterocycles. The first-order chi connectivity index (χ1) is 18.1. The maximum Gasteiger partial charge on any atom is 0.303 e. The number of carboxylic acid groups (broad SMARTS) is 1. The Kier molecular flexibility index (Phi) is 6.98. The lowest BCUT2D eigenvalue weighted by molar-refractivity contribution is -0.141. The summed E-state index contributed by atoms with van der Waals surface area (Å²) < 4.78 is 0.157. The van der Waals surface area contributed by atoms with Crippen LogP contribution in [0.1, 0.15) is 55.6 Å². The molecule has 0 bridgehead atoms. The van der Waals surface area contributed by atoms with Gasteiger partial charge in [0.25, 0.3) is 0 Å². The van der Waals surface area contributed by atoms with Crippen LogP contribution in [0.5, 0.6) is 5.75 Å². The predicted molar refractivity (Wildman–Crippen MR) is 140 cm³/mol. The molecule has 4 atom stereocenters. The minimum atomic E-state index is -0.875. The number of aryl methyl sites for hydroxylation is 1. The number of fused-ring (bicyclic) bond motifs is 3. The maximum absolute atomic E-state index is 13.7. The number of hydrogen-bond acceptors (Lipinski definition) is 6. The minimum Gasteiger partial charge on any atom is -0.507 e. The normalized spacial score (nSPS) is 26.6. The number of hydrogen-bond donors (Lipinski definition) is 2. The molecule has 4 aliphatic rings. The zero-order valence-corrected chi connectivity index (χ0v) is 22.5. The number of rotatable bonds is 7.